The summed E-state index contributed by atoms with van der Waals surface area (Å²) in [5, 5.41) is 2.57. The quantitative estimate of drug-likeness (QED) is 0.833. The number of carbonyl (C=O) groups is 2. The van der Waals surface area contributed by atoms with Gasteiger partial charge in [0.15, 0.2) is 0 Å². The van der Waals surface area contributed by atoms with E-state index in [1.165, 1.54) is 10.6 Å². The fraction of sp³-hybridized carbons (Fsp3) is 0.381. The van der Waals surface area contributed by atoms with Gasteiger partial charge in [0.25, 0.3) is 5.56 Å². The summed E-state index contributed by atoms with van der Waals surface area (Å²) in [7, 11) is 0. The van der Waals surface area contributed by atoms with Crippen LogP contribution in [0.4, 0.5) is 15.8 Å². The number of piperazine rings is 1. The van der Waals surface area contributed by atoms with Crippen LogP contribution in [0.2, 0.25) is 0 Å². The topological polar surface area (TPSA) is 74.7 Å². The van der Waals surface area contributed by atoms with E-state index in [1.54, 1.807) is 49.1 Å². The van der Waals surface area contributed by atoms with Gasteiger partial charge in [-0.1, -0.05) is 19.1 Å². The second kappa shape index (κ2) is 8.89. The molecule has 0 aliphatic carbocycles. The second-order valence-corrected chi connectivity index (χ2v) is 7.00. The van der Waals surface area contributed by atoms with E-state index in [0.29, 0.717) is 37.6 Å². The molecule has 2 amide bonds. The van der Waals surface area contributed by atoms with Gasteiger partial charge in [-0.3, -0.25) is 14.4 Å². The largest absolute Gasteiger partial charge is 0.366 e. The summed E-state index contributed by atoms with van der Waals surface area (Å²) in [6.07, 6.45) is 0.262. The lowest BCUT2D eigenvalue weighted by Crippen LogP contribution is -2.50. The van der Waals surface area contributed by atoms with Crippen molar-refractivity contribution in [3.63, 3.8) is 0 Å². The van der Waals surface area contributed by atoms with Crippen LogP contribution in [-0.4, -0.2) is 47.5 Å². The summed E-state index contributed by atoms with van der Waals surface area (Å²) in [5.74, 6) is -0.712. The van der Waals surface area contributed by atoms with Crippen molar-refractivity contribution < 1.29 is 14.0 Å². The number of hydrogen-bond acceptors (Lipinski definition) is 4. The minimum atomic E-state index is -0.398. The third-order valence-electron chi connectivity index (χ3n) is 5.11. The Morgan fingerprint density at radius 3 is 2.41 bits per heavy atom. The Bertz CT molecular complexity index is 965. The Morgan fingerprint density at radius 2 is 1.76 bits per heavy atom. The lowest BCUT2D eigenvalue weighted by molar-refractivity contribution is -0.132. The first kappa shape index (κ1) is 20.6. The Balaban J connectivity index is 1.67. The van der Waals surface area contributed by atoms with Crippen LogP contribution >= 0.6 is 0 Å². The van der Waals surface area contributed by atoms with Crippen molar-refractivity contribution in [1.29, 1.82) is 0 Å². The summed E-state index contributed by atoms with van der Waals surface area (Å²) >= 11 is 0. The summed E-state index contributed by atoms with van der Waals surface area (Å²) < 4.78 is 15.3. The third-order valence-corrected chi connectivity index (χ3v) is 5.11. The van der Waals surface area contributed by atoms with Crippen molar-refractivity contribution in [2.24, 2.45) is 0 Å². The van der Waals surface area contributed by atoms with Gasteiger partial charge in [0.2, 0.25) is 11.8 Å². The van der Waals surface area contributed by atoms with Gasteiger partial charge in [0.1, 0.15) is 18.0 Å². The maximum atomic E-state index is 14.0. The molecule has 0 saturated carbocycles. The third kappa shape index (κ3) is 4.64. The van der Waals surface area contributed by atoms with Crippen LogP contribution in [0.1, 0.15) is 19.0 Å². The molecule has 29 heavy (non-hydrogen) atoms. The molecule has 1 aliphatic heterocycles. The monoisotopic (exact) mass is 400 g/mol. The second-order valence-electron chi connectivity index (χ2n) is 7.00. The van der Waals surface area contributed by atoms with Crippen molar-refractivity contribution in [3.8, 4) is 0 Å². The first-order valence-electron chi connectivity index (χ1n) is 9.68. The number of amides is 2. The molecule has 0 spiro atoms. The van der Waals surface area contributed by atoms with Crippen molar-refractivity contribution in [2.75, 3.05) is 36.4 Å². The Morgan fingerprint density at radius 1 is 1.07 bits per heavy atom. The molecule has 8 heteroatoms. The molecule has 1 saturated heterocycles. The Labute approximate surface area is 168 Å². The number of aryl methyl sites for hydroxylation is 1. The van der Waals surface area contributed by atoms with Gasteiger partial charge in [0, 0.05) is 38.3 Å². The van der Waals surface area contributed by atoms with E-state index in [1.807, 2.05) is 4.90 Å². The first-order chi connectivity index (χ1) is 13.9. The molecule has 0 unspecified atom stereocenters. The number of para-hydroxylation sites is 1. The zero-order chi connectivity index (χ0) is 21.0. The predicted molar refractivity (Wildman–Crippen MR) is 110 cm³/mol. The highest BCUT2D eigenvalue weighted by Gasteiger charge is 2.23. The number of hydrogen-bond donors (Lipinski definition) is 1. The van der Waals surface area contributed by atoms with Crippen molar-refractivity contribution >= 4 is 23.2 Å². The van der Waals surface area contributed by atoms with Crippen molar-refractivity contribution in [3.05, 3.63) is 58.3 Å². The van der Waals surface area contributed by atoms with Crippen LogP contribution in [0.15, 0.2) is 41.2 Å². The van der Waals surface area contributed by atoms with E-state index < -0.39 is 5.56 Å². The molecule has 1 N–H and O–H groups in total. The predicted octanol–water partition coefficient (Wildman–Crippen LogP) is 1.99. The SMILES string of the molecule is CCC(=O)Nc1ccc(C)n(CC(=O)N2CCN(c3ccccc3F)CC2)c1=O. The van der Waals surface area contributed by atoms with Gasteiger partial charge in [-0.15, -0.1) is 0 Å². The number of carbonyl (C=O) groups excluding carboxylic acids is 2. The average Bonchev–Trinajstić information content (AvgIpc) is 2.73. The van der Waals surface area contributed by atoms with Gasteiger partial charge in [-0.25, -0.2) is 4.39 Å². The lowest BCUT2D eigenvalue weighted by Gasteiger charge is -2.36. The van der Waals surface area contributed by atoms with Crippen LogP contribution in [0.25, 0.3) is 0 Å². The lowest BCUT2D eigenvalue weighted by atomic mass is 10.2. The molecule has 0 radical (unpaired) electrons. The minimum absolute atomic E-state index is 0.0970. The molecule has 1 aromatic heterocycles. The first-order valence-corrected chi connectivity index (χ1v) is 9.68. The fourth-order valence-electron chi connectivity index (χ4n) is 3.34. The van der Waals surface area contributed by atoms with Gasteiger partial charge >= 0.3 is 0 Å². The molecule has 1 aliphatic rings. The number of nitrogens with zero attached hydrogens (tertiary/aromatic N) is 3. The average molecular weight is 400 g/mol. The number of benzene rings is 1. The van der Waals surface area contributed by atoms with Gasteiger partial charge in [0.05, 0.1) is 5.69 Å². The van der Waals surface area contributed by atoms with Crippen LogP contribution in [-0.2, 0) is 16.1 Å². The highest BCUT2D eigenvalue weighted by atomic mass is 19.1. The summed E-state index contributed by atoms with van der Waals surface area (Å²) in [4.78, 5) is 40.6. The molecule has 2 aromatic rings. The molecule has 1 aromatic carbocycles. The van der Waals surface area contributed by atoms with Crippen LogP contribution in [0.5, 0.6) is 0 Å². The highest BCUT2D eigenvalue weighted by molar-refractivity contribution is 5.90. The van der Waals surface area contributed by atoms with E-state index >= 15 is 0 Å². The van der Waals surface area contributed by atoms with E-state index in [-0.39, 0.29) is 36.3 Å². The Kier molecular flexibility index (Phi) is 6.31. The van der Waals surface area contributed by atoms with Gasteiger partial charge in [-0.2, -0.15) is 0 Å². The molecule has 0 bridgehead atoms. The molecule has 154 valence electrons. The maximum absolute atomic E-state index is 14.0. The van der Waals surface area contributed by atoms with E-state index in [0.717, 1.165) is 0 Å². The molecular formula is C21H25FN4O3. The zero-order valence-electron chi connectivity index (χ0n) is 16.7. The van der Waals surface area contributed by atoms with Crippen molar-refractivity contribution in [2.45, 2.75) is 26.8 Å². The number of halogens is 1. The molecular weight excluding hydrogens is 375 g/mol. The summed E-state index contributed by atoms with van der Waals surface area (Å²) in [6, 6.07) is 9.85. The molecule has 2 heterocycles. The van der Waals surface area contributed by atoms with Gasteiger partial charge < -0.3 is 19.7 Å². The molecule has 1 fully saturated rings. The number of nitrogens with one attached hydrogen (secondary N) is 1. The smallest absolute Gasteiger partial charge is 0.274 e. The summed E-state index contributed by atoms with van der Waals surface area (Å²) in [6.45, 7) is 5.30. The maximum Gasteiger partial charge on any atom is 0.274 e. The normalized spacial score (nSPS) is 14.0. The van der Waals surface area contributed by atoms with Crippen molar-refractivity contribution in [1.82, 2.24) is 9.47 Å². The number of aromatic nitrogens is 1. The van der Waals surface area contributed by atoms with E-state index in [2.05, 4.69) is 5.32 Å². The number of rotatable bonds is 5. The van der Waals surface area contributed by atoms with E-state index in [9.17, 15) is 18.8 Å². The molecule has 0 atom stereocenters. The van der Waals surface area contributed by atoms with Gasteiger partial charge in [-0.05, 0) is 31.2 Å². The van der Waals surface area contributed by atoms with Crippen LogP contribution in [0.3, 0.4) is 0 Å². The summed E-state index contributed by atoms with van der Waals surface area (Å²) in [5.41, 5.74) is 0.943. The highest BCUT2D eigenvalue weighted by Crippen LogP contribution is 2.20. The number of pyridine rings is 1. The molecule has 3 rings (SSSR count). The Hall–Kier alpha value is -3.16. The standard InChI is InChI=1S/C21H25FN4O3/c1-3-19(27)23-17-9-8-15(2)26(21(17)29)14-20(28)25-12-10-24(11-13-25)18-7-5-4-6-16(18)22/h4-9H,3,10-14H2,1-2H3,(H,23,27). The minimum Gasteiger partial charge on any atom is -0.366 e. The number of anilines is 2. The zero-order valence-corrected chi connectivity index (χ0v) is 16.7. The van der Waals surface area contributed by atoms with E-state index in [4.69, 9.17) is 0 Å². The van der Waals surface area contributed by atoms with Crippen LogP contribution < -0.4 is 15.8 Å². The van der Waals surface area contributed by atoms with Crippen LogP contribution in [0, 0.1) is 12.7 Å². The molecule has 7 nitrogen and oxygen atoms in total. The fourth-order valence-corrected chi connectivity index (χ4v) is 3.34.